The minimum Gasteiger partial charge on any atom is -0.493 e. The van der Waals surface area contributed by atoms with E-state index in [9.17, 15) is 4.79 Å². The molecule has 0 bridgehead atoms. The Hall–Kier alpha value is -2.53. The number of hydrogen-bond acceptors (Lipinski definition) is 4. The quantitative estimate of drug-likeness (QED) is 0.744. The van der Waals surface area contributed by atoms with Crippen LogP contribution in [0.2, 0.25) is 0 Å². The van der Waals surface area contributed by atoms with Crippen molar-refractivity contribution in [2.75, 3.05) is 33.8 Å². The van der Waals surface area contributed by atoms with Crippen molar-refractivity contribution >= 4 is 6.09 Å². The van der Waals surface area contributed by atoms with Crippen LogP contribution in [0.25, 0.3) is 0 Å². The minimum atomic E-state index is -0.412. The standard InChI is InChI=1S/C21H28N2O3/c1-4-22-21(24)26-20(17-11-7-5-8-12-17)18(15-23(2)3)16-25-19-13-9-6-10-14-19/h5-14,18,20H,4,15-16H2,1-3H3,(H,22,24). The van der Waals surface area contributed by atoms with Gasteiger partial charge in [0.05, 0.1) is 6.61 Å². The van der Waals surface area contributed by atoms with Crippen LogP contribution in [0.5, 0.6) is 5.75 Å². The van der Waals surface area contributed by atoms with Gasteiger partial charge in [0.2, 0.25) is 0 Å². The van der Waals surface area contributed by atoms with Gasteiger partial charge in [-0.05, 0) is 38.7 Å². The number of hydrogen-bond donors (Lipinski definition) is 1. The maximum atomic E-state index is 12.1. The van der Waals surface area contributed by atoms with E-state index in [2.05, 4.69) is 10.2 Å². The zero-order chi connectivity index (χ0) is 18.8. The normalized spacial score (nSPS) is 13.1. The first kappa shape index (κ1) is 19.8. The van der Waals surface area contributed by atoms with E-state index in [0.29, 0.717) is 13.2 Å². The maximum Gasteiger partial charge on any atom is 0.407 e. The van der Waals surface area contributed by atoms with Gasteiger partial charge >= 0.3 is 6.09 Å². The number of rotatable bonds is 9. The van der Waals surface area contributed by atoms with Crippen molar-refractivity contribution in [3.63, 3.8) is 0 Å². The summed E-state index contributed by atoms with van der Waals surface area (Å²) in [7, 11) is 4.01. The highest BCUT2D eigenvalue weighted by Gasteiger charge is 2.28. The highest BCUT2D eigenvalue weighted by Crippen LogP contribution is 2.28. The Bertz CT molecular complexity index is 647. The third-order valence-corrected chi connectivity index (χ3v) is 3.92. The van der Waals surface area contributed by atoms with Crippen LogP contribution < -0.4 is 10.1 Å². The van der Waals surface area contributed by atoms with Crippen LogP contribution in [0.15, 0.2) is 60.7 Å². The molecule has 0 heterocycles. The van der Waals surface area contributed by atoms with E-state index in [1.54, 1.807) is 0 Å². The summed E-state index contributed by atoms with van der Waals surface area (Å²) < 4.78 is 11.7. The number of para-hydroxylation sites is 1. The molecule has 5 heteroatoms. The molecule has 2 aromatic carbocycles. The van der Waals surface area contributed by atoms with Gasteiger partial charge in [-0.2, -0.15) is 0 Å². The number of carbonyl (C=O) groups excluding carboxylic acids is 1. The zero-order valence-corrected chi connectivity index (χ0v) is 15.7. The predicted octanol–water partition coefficient (Wildman–Crippen LogP) is 3.73. The van der Waals surface area contributed by atoms with Gasteiger partial charge in [0.1, 0.15) is 11.9 Å². The van der Waals surface area contributed by atoms with Crippen molar-refractivity contribution in [1.82, 2.24) is 10.2 Å². The highest BCUT2D eigenvalue weighted by molar-refractivity contribution is 5.67. The second-order valence-corrected chi connectivity index (χ2v) is 6.41. The van der Waals surface area contributed by atoms with Crippen molar-refractivity contribution < 1.29 is 14.3 Å². The van der Waals surface area contributed by atoms with Crippen LogP contribution >= 0.6 is 0 Å². The molecule has 2 rings (SSSR count). The van der Waals surface area contributed by atoms with Gasteiger partial charge in [0.25, 0.3) is 0 Å². The van der Waals surface area contributed by atoms with Gasteiger partial charge in [-0.25, -0.2) is 4.79 Å². The Morgan fingerprint density at radius 2 is 1.65 bits per heavy atom. The van der Waals surface area contributed by atoms with E-state index in [1.165, 1.54) is 0 Å². The minimum absolute atomic E-state index is 0.0183. The Labute approximate surface area is 155 Å². The van der Waals surface area contributed by atoms with Crippen LogP contribution in [0.1, 0.15) is 18.6 Å². The number of nitrogens with one attached hydrogen (secondary N) is 1. The molecule has 0 saturated heterocycles. The maximum absolute atomic E-state index is 12.1. The summed E-state index contributed by atoms with van der Waals surface area (Å²) in [4.78, 5) is 14.2. The average molecular weight is 356 g/mol. The molecule has 26 heavy (non-hydrogen) atoms. The van der Waals surface area contributed by atoms with Crippen LogP contribution in [-0.2, 0) is 4.74 Å². The summed E-state index contributed by atoms with van der Waals surface area (Å²) in [5, 5.41) is 2.71. The van der Waals surface area contributed by atoms with Crippen molar-refractivity contribution in [3.8, 4) is 5.75 Å². The summed E-state index contributed by atoms with van der Waals surface area (Å²) in [6, 6.07) is 19.5. The molecule has 2 atom stereocenters. The molecule has 5 nitrogen and oxygen atoms in total. The number of benzene rings is 2. The van der Waals surface area contributed by atoms with Crippen molar-refractivity contribution in [2.24, 2.45) is 5.92 Å². The topological polar surface area (TPSA) is 50.8 Å². The SMILES string of the molecule is CCNC(=O)OC(c1ccccc1)C(COc1ccccc1)CN(C)C. The Morgan fingerprint density at radius 1 is 1.04 bits per heavy atom. The summed E-state index contributed by atoms with van der Waals surface area (Å²) in [5.74, 6) is 0.788. The van der Waals surface area contributed by atoms with Crippen molar-refractivity contribution in [3.05, 3.63) is 66.2 Å². The summed E-state index contributed by atoms with van der Waals surface area (Å²) in [6.07, 6.45) is -0.807. The Morgan fingerprint density at radius 3 is 2.23 bits per heavy atom. The van der Waals surface area contributed by atoms with E-state index in [4.69, 9.17) is 9.47 Å². The van der Waals surface area contributed by atoms with Crippen LogP contribution in [0.3, 0.4) is 0 Å². The molecule has 1 N–H and O–H groups in total. The number of carbonyl (C=O) groups is 1. The number of ether oxygens (including phenoxy) is 2. The molecule has 0 aromatic heterocycles. The Kier molecular flexibility index (Phi) is 7.96. The molecule has 1 amide bonds. The molecule has 0 radical (unpaired) electrons. The van der Waals surface area contributed by atoms with Crippen LogP contribution in [0.4, 0.5) is 4.79 Å². The lowest BCUT2D eigenvalue weighted by molar-refractivity contribution is 0.0324. The van der Waals surface area contributed by atoms with Crippen molar-refractivity contribution in [2.45, 2.75) is 13.0 Å². The largest absolute Gasteiger partial charge is 0.493 e. The molecule has 2 unspecified atom stereocenters. The van der Waals surface area contributed by atoms with E-state index >= 15 is 0 Å². The molecule has 0 saturated carbocycles. The molecular formula is C21H28N2O3. The zero-order valence-electron chi connectivity index (χ0n) is 15.7. The fraction of sp³-hybridized carbons (Fsp3) is 0.381. The molecule has 140 valence electrons. The highest BCUT2D eigenvalue weighted by atomic mass is 16.6. The van der Waals surface area contributed by atoms with E-state index < -0.39 is 12.2 Å². The first-order valence-corrected chi connectivity index (χ1v) is 8.92. The van der Waals surface area contributed by atoms with Crippen molar-refractivity contribution in [1.29, 1.82) is 0 Å². The van der Waals surface area contributed by atoms with Gasteiger partial charge in [0, 0.05) is 19.0 Å². The van der Waals surface area contributed by atoms with Crippen LogP contribution in [0, 0.1) is 5.92 Å². The molecule has 2 aromatic rings. The van der Waals surface area contributed by atoms with E-state index in [0.717, 1.165) is 17.9 Å². The summed E-state index contributed by atoms with van der Waals surface area (Å²) in [5.41, 5.74) is 0.960. The van der Waals surface area contributed by atoms with Gasteiger partial charge in [-0.15, -0.1) is 0 Å². The summed E-state index contributed by atoms with van der Waals surface area (Å²) in [6.45, 7) is 3.57. The smallest absolute Gasteiger partial charge is 0.407 e. The number of amides is 1. The molecular weight excluding hydrogens is 328 g/mol. The van der Waals surface area contributed by atoms with Gasteiger partial charge in [-0.3, -0.25) is 0 Å². The predicted molar refractivity (Wildman–Crippen MR) is 103 cm³/mol. The molecule has 0 spiro atoms. The van der Waals surface area contributed by atoms with E-state index in [-0.39, 0.29) is 5.92 Å². The average Bonchev–Trinajstić information content (AvgIpc) is 2.65. The van der Waals surface area contributed by atoms with Gasteiger partial charge in [0.15, 0.2) is 0 Å². The summed E-state index contributed by atoms with van der Waals surface area (Å²) >= 11 is 0. The number of nitrogens with zero attached hydrogens (tertiary/aromatic N) is 1. The molecule has 0 fully saturated rings. The molecule has 0 aliphatic heterocycles. The third-order valence-electron chi connectivity index (χ3n) is 3.92. The Balaban J connectivity index is 2.20. The monoisotopic (exact) mass is 356 g/mol. The fourth-order valence-corrected chi connectivity index (χ4v) is 2.81. The lowest BCUT2D eigenvalue weighted by Gasteiger charge is -2.29. The van der Waals surface area contributed by atoms with Gasteiger partial charge < -0.3 is 19.7 Å². The molecule has 0 aliphatic carbocycles. The number of alkyl carbamates (subject to hydrolysis) is 1. The lowest BCUT2D eigenvalue weighted by atomic mass is 9.95. The molecule has 0 aliphatic rings. The fourth-order valence-electron chi connectivity index (χ4n) is 2.81. The second-order valence-electron chi connectivity index (χ2n) is 6.41. The second kappa shape index (κ2) is 10.5. The lowest BCUT2D eigenvalue weighted by Crippen LogP contribution is -2.35. The van der Waals surface area contributed by atoms with E-state index in [1.807, 2.05) is 81.7 Å². The first-order chi connectivity index (χ1) is 12.6. The third kappa shape index (κ3) is 6.41. The van der Waals surface area contributed by atoms with Crippen LogP contribution in [-0.4, -0.2) is 44.8 Å². The van der Waals surface area contributed by atoms with Gasteiger partial charge in [-0.1, -0.05) is 48.5 Å². The first-order valence-electron chi connectivity index (χ1n) is 8.92.